The van der Waals surface area contributed by atoms with Crippen LogP contribution in [-0.2, 0) is 0 Å². The summed E-state index contributed by atoms with van der Waals surface area (Å²) in [6.07, 6.45) is 7.65. The van der Waals surface area contributed by atoms with Crippen molar-refractivity contribution in [2.75, 3.05) is 11.9 Å². The molecule has 4 nitrogen and oxygen atoms in total. The predicted octanol–water partition coefficient (Wildman–Crippen LogP) is 2.25. The van der Waals surface area contributed by atoms with Crippen LogP contribution in [0.3, 0.4) is 0 Å². The fraction of sp³-hybridized carbons (Fsp3) is 0.692. The molecule has 2 saturated carbocycles. The van der Waals surface area contributed by atoms with Gasteiger partial charge in [-0.1, -0.05) is 12.8 Å². The third-order valence-corrected chi connectivity index (χ3v) is 3.77. The van der Waals surface area contributed by atoms with Crippen molar-refractivity contribution in [1.82, 2.24) is 9.97 Å². The number of rotatable bonds is 4. The SMILES string of the molecule is O=c1cc(NCC2CCCC2)nc(C2CC2)[nH]1. The van der Waals surface area contributed by atoms with E-state index in [9.17, 15) is 4.79 Å². The van der Waals surface area contributed by atoms with E-state index in [1.54, 1.807) is 6.07 Å². The zero-order valence-corrected chi connectivity index (χ0v) is 10.0. The Hall–Kier alpha value is -1.32. The molecule has 1 aromatic heterocycles. The Bertz CT molecular complexity index is 444. The molecule has 0 saturated heterocycles. The minimum atomic E-state index is -0.0316. The van der Waals surface area contributed by atoms with Crippen LogP contribution in [0.5, 0.6) is 0 Å². The maximum atomic E-state index is 11.5. The molecule has 3 rings (SSSR count). The van der Waals surface area contributed by atoms with Gasteiger partial charge < -0.3 is 10.3 Å². The average Bonchev–Trinajstić information content (AvgIpc) is 3.04. The first-order valence-corrected chi connectivity index (χ1v) is 6.66. The Balaban J connectivity index is 1.66. The zero-order chi connectivity index (χ0) is 11.7. The monoisotopic (exact) mass is 233 g/mol. The molecule has 0 atom stereocenters. The van der Waals surface area contributed by atoms with Crippen molar-refractivity contribution >= 4 is 5.82 Å². The summed E-state index contributed by atoms with van der Waals surface area (Å²) < 4.78 is 0. The van der Waals surface area contributed by atoms with E-state index in [1.807, 2.05) is 0 Å². The third kappa shape index (κ3) is 2.68. The van der Waals surface area contributed by atoms with E-state index in [4.69, 9.17) is 0 Å². The second kappa shape index (κ2) is 4.51. The highest BCUT2D eigenvalue weighted by Gasteiger charge is 2.26. The maximum Gasteiger partial charge on any atom is 0.252 e. The lowest BCUT2D eigenvalue weighted by Crippen LogP contribution is -2.16. The molecule has 2 aliphatic carbocycles. The molecule has 4 heteroatoms. The molecule has 1 aromatic rings. The summed E-state index contributed by atoms with van der Waals surface area (Å²) in [5, 5.41) is 3.32. The van der Waals surface area contributed by atoms with Crippen LogP contribution in [-0.4, -0.2) is 16.5 Å². The van der Waals surface area contributed by atoms with Gasteiger partial charge in [0.2, 0.25) is 0 Å². The van der Waals surface area contributed by atoms with Crippen molar-refractivity contribution < 1.29 is 0 Å². The van der Waals surface area contributed by atoms with E-state index in [2.05, 4.69) is 15.3 Å². The number of aromatic amines is 1. The van der Waals surface area contributed by atoms with E-state index >= 15 is 0 Å². The summed E-state index contributed by atoms with van der Waals surface area (Å²) in [7, 11) is 0. The Morgan fingerprint density at radius 3 is 2.76 bits per heavy atom. The lowest BCUT2D eigenvalue weighted by molar-refractivity contribution is 0.578. The normalized spacial score (nSPS) is 20.7. The fourth-order valence-corrected chi connectivity index (χ4v) is 2.58. The second-order valence-corrected chi connectivity index (χ2v) is 5.32. The number of anilines is 1. The predicted molar refractivity (Wildman–Crippen MR) is 67.3 cm³/mol. The summed E-state index contributed by atoms with van der Waals surface area (Å²) in [6, 6.07) is 1.57. The largest absolute Gasteiger partial charge is 0.370 e. The Labute approximate surface area is 101 Å². The fourth-order valence-electron chi connectivity index (χ4n) is 2.58. The summed E-state index contributed by atoms with van der Waals surface area (Å²) in [5.41, 5.74) is -0.0316. The van der Waals surface area contributed by atoms with E-state index in [0.29, 0.717) is 5.92 Å². The lowest BCUT2D eigenvalue weighted by atomic mass is 10.1. The van der Waals surface area contributed by atoms with E-state index in [-0.39, 0.29) is 5.56 Å². The Morgan fingerprint density at radius 1 is 1.29 bits per heavy atom. The molecule has 2 aliphatic rings. The van der Waals surface area contributed by atoms with Gasteiger partial charge in [-0.2, -0.15) is 0 Å². The number of nitrogens with zero attached hydrogens (tertiary/aromatic N) is 1. The number of H-pyrrole nitrogens is 1. The third-order valence-electron chi connectivity index (χ3n) is 3.77. The van der Waals surface area contributed by atoms with Gasteiger partial charge in [-0.05, 0) is 31.6 Å². The van der Waals surface area contributed by atoms with Crippen LogP contribution in [0.2, 0.25) is 0 Å². The molecule has 0 radical (unpaired) electrons. The summed E-state index contributed by atoms with van der Waals surface area (Å²) >= 11 is 0. The second-order valence-electron chi connectivity index (χ2n) is 5.32. The highest BCUT2D eigenvalue weighted by molar-refractivity contribution is 5.34. The van der Waals surface area contributed by atoms with Crippen LogP contribution >= 0.6 is 0 Å². The summed E-state index contributed by atoms with van der Waals surface area (Å²) in [4.78, 5) is 18.8. The van der Waals surface area contributed by atoms with Crippen LogP contribution in [0.1, 0.15) is 50.3 Å². The van der Waals surface area contributed by atoms with Crippen LogP contribution in [0.4, 0.5) is 5.82 Å². The zero-order valence-electron chi connectivity index (χ0n) is 10.0. The molecule has 0 amide bonds. The number of hydrogen-bond donors (Lipinski definition) is 2. The van der Waals surface area contributed by atoms with Crippen LogP contribution < -0.4 is 10.9 Å². The van der Waals surface area contributed by atoms with Crippen LogP contribution in [0.25, 0.3) is 0 Å². The first kappa shape index (κ1) is 10.8. The van der Waals surface area contributed by atoms with Crippen molar-refractivity contribution in [2.45, 2.75) is 44.4 Å². The van der Waals surface area contributed by atoms with Gasteiger partial charge in [0.05, 0.1) is 0 Å². The highest BCUT2D eigenvalue weighted by atomic mass is 16.1. The van der Waals surface area contributed by atoms with Gasteiger partial charge in [-0.25, -0.2) is 4.98 Å². The van der Waals surface area contributed by atoms with Gasteiger partial charge in [0.15, 0.2) is 0 Å². The van der Waals surface area contributed by atoms with Crippen molar-refractivity contribution in [3.63, 3.8) is 0 Å². The molecule has 17 heavy (non-hydrogen) atoms. The number of aromatic nitrogens is 2. The van der Waals surface area contributed by atoms with Crippen LogP contribution in [0, 0.1) is 5.92 Å². The molecule has 92 valence electrons. The molecule has 1 heterocycles. The molecule has 0 aliphatic heterocycles. The molecule has 2 fully saturated rings. The molecular weight excluding hydrogens is 214 g/mol. The average molecular weight is 233 g/mol. The van der Waals surface area contributed by atoms with Gasteiger partial charge in [0.25, 0.3) is 5.56 Å². The molecule has 0 unspecified atom stereocenters. The lowest BCUT2D eigenvalue weighted by Gasteiger charge is -2.11. The Kier molecular flexibility index (Phi) is 2.87. The summed E-state index contributed by atoms with van der Waals surface area (Å²) in [6.45, 7) is 0.959. The van der Waals surface area contributed by atoms with Crippen LogP contribution in [0.15, 0.2) is 10.9 Å². The number of nitrogens with one attached hydrogen (secondary N) is 2. The maximum absolute atomic E-state index is 11.5. The van der Waals surface area contributed by atoms with Gasteiger partial charge >= 0.3 is 0 Å². The van der Waals surface area contributed by atoms with Crippen molar-refractivity contribution in [3.05, 3.63) is 22.2 Å². The molecule has 0 aromatic carbocycles. The highest BCUT2D eigenvalue weighted by Crippen LogP contribution is 2.37. The van der Waals surface area contributed by atoms with Gasteiger partial charge in [-0.3, -0.25) is 4.79 Å². The van der Waals surface area contributed by atoms with Gasteiger partial charge in [0, 0.05) is 18.5 Å². The van der Waals surface area contributed by atoms with E-state index in [0.717, 1.165) is 36.9 Å². The van der Waals surface area contributed by atoms with Crippen molar-refractivity contribution in [3.8, 4) is 0 Å². The molecular formula is C13H19N3O. The number of hydrogen-bond acceptors (Lipinski definition) is 3. The topological polar surface area (TPSA) is 57.8 Å². The van der Waals surface area contributed by atoms with Gasteiger partial charge in [0.1, 0.15) is 11.6 Å². The smallest absolute Gasteiger partial charge is 0.252 e. The minimum absolute atomic E-state index is 0.0316. The molecule has 0 spiro atoms. The standard InChI is InChI=1S/C13H19N3O/c17-12-7-11(14-8-9-3-1-2-4-9)15-13(16-12)10-5-6-10/h7,9-10H,1-6,8H2,(H2,14,15,16,17). The van der Waals surface area contributed by atoms with Crippen molar-refractivity contribution in [2.24, 2.45) is 5.92 Å². The summed E-state index contributed by atoms with van der Waals surface area (Å²) in [5.74, 6) is 2.88. The Morgan fingerprint density at radius 2 is 2.06 bits per heavy atom. The first-order chi connectivity index (χ1) is 8.31. The first-order valence-electron chi connectivity index (χ1n) is 6.66. The molecule has 2 N–H and O–H groups in total. The van der Waals surface area contributed by atoms with Crippen molar-refractivity contribution in [1.29, 1.82) is 0 Å². The van der Waals surface area contributed by atoms with E-state index < -0.39 is 0 Å². The quantitative estimate of drug-likeness (QED) is 0.838. The van der Waals surface area contributed by atoms with Gasteiger partial charge in [-0.15, -0.1) is 0 Å². The van der Waals surface area contributed by atoms with E-state index in [1.165, 1.54) is 25.7 Å². The molecule has 0 bridgehead atoms. The minimum Gasteiger partial charge on any atom is -0.370 e.